The Hall–Kier alpha value is -1.37. The number of pyridine rings is 1. The second kappa shape index (κ2) is 4.14. The zero-order chi connectivity index (χ0) is 12.6. The van der Waals surface area contributed by atoms with Crippen LogP contribution in [-0.2, 0) is 6.18 Å². The fourth-order valence-corrected chi connectivity index (χ4v) is 1.78. The van der Waals surface area contributed by atoms with Gasteiger partial charge in [-0.05, 0) is 41.1 Å². The number of hydrogen-bond acceptors (Lipinski definition) is 2. The summed E-state index contributed by atoms with van der Waals surface area (Å²) in [7, 11) is 0. The number of halogens is 4. The zero-order valence-electron chi connectivity index (χ0n) is 8.66. The summed E-state index contributed by atoms with van der Waals surface area (Å²) >= 11 is 3.22. The van der Waals surface area contributed by atoms with Crippen molar-refractivity contribution in [1.29, 1.82) is 0 Å². The monoisotopic (exact) mass is 305 g/mol. The summed E-state index contributed by atoms with van der Waals surface area (Å²) in [6.45, 7) is 1.54. The van der Waals surface area contributed by atoms with E-state index in [1.807, 2.05) is 0 Å². The average Bonchev–Trinajstić information content (AvgIpc) is 2.61. The molecule has 0 aliphatic rings. The third-order valence-electron chi connectivity index (χ3n) is 2.12. The van der Waals surface area contributed by atoms with Crippen molar-refractivity contribution in [3.05, 3.63) is 40.3 Å². The molecule has 0 spiro atoms. The molecule has 7 heteroatoms. The Kier molecular flexibility index (Phi) is 2.94. The molecule has 2 heterocycles. The highest BCUT2D eigenvalue weighted by molar-refractivity contribution is 9.10. The fourth-order valence-electron chi connectivity index (χ4n) is 1.36. The Morgan fingerprint density at radius 3 is 2.59 bits per heavy atom. The lowest BCUT2D eigenvalue weighted by Crippen LogP contribution is -2.08. The summed E-state index contributed by atoms with van der Waals surface area (Å²) in [6.07, 6.45) is -2.95. The van der Waals surface area contributed by atoms with E-state index >= 15 is 0 Å². The van der Waals surface area contributed by atoms with Crippen LogP contribution in [0, 0.1) is 6.92 Å². The summed E-state index contributed by atoms with van der Waals surface area (Å²) in [5, 5.41) is 3.51. The molecule has 0 amide bonds. The quantitative estimate of drug-likeness (QED) is 0.809. The summed E-state index contributed by atoms with van der Waals surface area (Å²) in [6, 6.07) is 4.36. The molecule has 90 valence electrons. The van der Waals surface area contributed by atoms with Crippen LogP contribution in [0.4, 0.5) is 13.2 Å². The van der Waals surface area contributed by atoms with Crippen LogP contribution >= 0.6 is 15.9 Å². The van der Waals surface area contributed by atoms with Gasteiger partial charge in [-0.2, -0.15) is 18.3 Å². The number of rotatable bonds is 1. The van der Waals surface area contributed by atoms with Crippen LogP contribution in [0.3, 0.4) is 0 Å². The maximum Gasteiger partial charge on any atom is 0.435 e. The molecule has 0 aliphatic carbocycles. The van der Waals surface area contributed by atoms with Gasteiger partial charge in [-0.3, -0.25) is 0 Å². The highest BCUT2D eigenvalue weighted by atomic mass is 79.9. The highest BCUT2D eigenvalue weighted by Crippen LogP contribution is 2.29. The summed E-state index contributed by atoms with van der Waals surface area (Å²) in [4.78, 5) is 3.99. The van der Waals surface area contributed by atoms with E-state index in [1.54, 1.807) is 19.1 Å². The lowest BCUT2D eigenvalue weighted by atomic mass is 10.3. The number of aryl methyl sites for hydroxylation is 1. The number of nitrogens with zero attached hydrogens (tertiary/aromatic N) is 3. The van der Waals surface area contributed by atoms with Crippen LogP contribution in [-0.4, -0.2) is 14.8 Å². The van der Waals surface area contributed by atoms with Gasteiger partial charge in [0.2, 0.25) is 0 Å². The fraction of sp³-hybridized carbons (Fsp3) is 0.200. The molecule has 2 rings (SSSR count). The van der Waals surface area contributed by atoms with Crippen LogP contribution in [0.1, 0.15) is 11.4 Å². The lowest BCUT2D eigenvalue weighted by Gasteiger charge is -2.05. The van der Waals surface area contributed by atoms with Crippen molar-refractivity contribution in [2.24, 2.45) is 0 Å². The minimum atomic E-state index is -4.45. The molecule has 0 atom stereocenters. The Labute approximate surface area is 103 Å². The summed E-state index contributed by atoms with van der Waals surface area (Å²) in [5.41, 5.74) is -0.552. The molecule has 0 aromatic carbocycles. The third-order valence-corrected chi connectivity index (χ3v) is 2.74. The van der Waals surface area contributed by atoms with Gasteiger partial charge in [0, 0.05) is 11.9 Å². The molecule has 0 radical (unpaired) electrons. The molecule has 3 nitrogen and oxygen atoms in total. The van der Waals surface area contributed by atoms with E-state index in [-0.39, 0.29) is 0 Å². The Bertz CT molecular complexity index is 548. The minimum absolute atomic E-state index is 0.334. The van der Waals surface area contributed by atoms with Crippen LogP contribution in [0.15, 0.2) is 28.9 Å². The van der Waals surface area contributed by atoms with Crippen molar-refractivity contribution in [1.82, 2.24) is 14.8 Å². The van der Waals surface area contributed by atoms with Gasteiger partial charge in [-0.15, -0.1) is 0 Å². The van der Waals surface area contributed by atoms with Crippen LogP contribution in [0.5, 0.6) is 0 Å². The van der Waals surface area contributed by atoms with E-state index in [0.29, 0.717) is 16.0 Å². The molecule has 2 aromatic heterocycles. The highest BCUT2D eigenvalue weighted by Gasteiger charge is 2.34. The molecule has 0 saturated heterocycles. The topological polar surface area (TPSA) is 30.7 Å². The van der Waals surface area contributed by atoms with Crippen molar-refractivity contribution in [3.63, 3.8) is 0 Å². The standard InChI is InChI=1S/C10H7BrF3N3/c1-6-5-8(10(12,13)14)16-17(6)9-7(11)3-2-4-15-9/h2-5H,1H3. The van der Waals surface area contributed by atoms with Crippen molar-refractivity contribution >= 4 is 15.9 Å². The molecule has 2 aromatic rings. The van der Waals surface area contributed by atoms with Crippen molar-refractivity contribution in [2.45, 2.75) is 13.1 Å². The van der Waals surface area contributed by atoms with Gasteiger partial charge < -0.3 is 0 Å². The largest absolute Gasteiger partial charge is 0.435 e. The molecule has 0 N–H and O–H groups in total. The Morgan fingerprint density at radius 2 is 2.06 bits per heavy atom. The van der Waals surface area contributed by atoms with E-state index in [4.69, 9.17) is 0 Å². The van der Waals surface area contributed by atoms with Gasteiger partial charge in [0.25, 0.3) is 0 Å². The van der Waals surface area contributed by atoms with Crippen LogP contribution in [0.25, 0.3) is 5.82 Å². The van der Waals surface area contributed by atoms with Crippen molar-refractivity contribution in [2.75, 3.05) is 0 Å². The lowest BCUT2D eigenvalue weighted by molar-refractivity contribution is -0.141. The van der Waals surface area contributed by atoms with Crippen molar-refractivity contribution in [3.8, 4) is 5.82 Å². The Balaban J connectivity index is 2.55. The third kappa shape index (κ3) is 2.33. The maximum atomic E-state index is 12.5. The number of alkyl halides is 3. The van der Waals surface area contributed by atoms with E-state index in [2.05, 4.69) is 26.0 Å². The molecular weight excluding hydrogens is 299 g/mol. The van der Waals surface area contributed by atoms with Gasteiger partial charge in [0.1, 0.15) is 0 Å². The first-order valence-electron chi connectivity index (χ1n) is 4.64. The first-order valence-corrected chi connectivity index (χ1v) is 5.43. The van der Waals surface area contributed by atoms with Gasteiger partial charge in [0.05, 0.1) is 4.47 Å². The average molecular weight is 306 g/mol. The minimum Gasteiger partial charge on any atom is -0.236 e. The van der Waals surface area contributed by atoms with Gasteiger partial charge >= 0.3 is 6.18 Å². The molecule has 0 fully saturated rings. The molecule has 0 unspecified atom stereocenters. The smallest absolute Gasteiger partial charge is 0.236 e. The predicted octanol–water partition coefficient (Wildman–Crippen LogP) is 3.36. The zero-order valence-corrected chi connectivity index (χ0v) is 10.2. The number of hydrogen-bond donors (Lipinski definition) is 0. The van der Waals surface area contributed by atoms with E-state index < -0.39 is 11.9 Å². The van der Waals surface area contributed by atoms with Gasteiger partial charge in [0.15, 0.2) is 11.5 Å². The SMILES string of the molecule is Cc1cc(C(F)(F)F)nn1-c1ncccc1Br. The second-order valence-corrected chi connectivity index (χ2v) is 4.24. The van der Waals surface area contributed by atoms with Gasteiger partial charge in [-0.1, -0.05) is 0 Å². The molecule has 0 bridgehead atoms. The number of aromatic nitrogens is 3. The van der Waals surface area contributed by atoms with E-state index in [0.717, 1.165) is 10.7 Å². The first kappa shape index (κ1) is 12.1. The summed E-state index contributed by atoms with van der Waals surface area (Å²) in [5.74, 6) is 0.334. The summed E-state index contributed by atoms with van der Waals surface area (Å²) < 4.78 is 39.2. The maximum absolute atomic E-state index is 12.5. The van der Waals surface area contributed by atoms with Crippen LogP contribution < -0.4 is 0 Å². The van der Waals surface area contributed by atoms with Crippen molar-refractivity contribution < 1.29 is 13.2 Å². The van der Waals surface area contributed by atoms with Crippen LogP contribution in [0.2, 0.25) is 0 Å². The molecule has 0 saturated carbocycles. The van der Waals surface area contributed by atoms with E-state index in [1.165, 1.54) is 6.20 Å². The normalized spacial score (nSPS) is 11.8. The molecule has 0 aliphatic heterocycles. The first-order chi connectivity index (χ1) is 7.89. The Morgan fingerprint density at radius 1 is 1.35 bits per heavy atom. The van der Waals surface area contributed by atoms with Gasteiger partial charge in [-0.25, -0.2) is 9.67 Å². The molecule has 17 heavy (non-hydrogen) atoms. The second-order valence-electron chi connectivity index (χ2n) is 3.39. The predicted molar refractivity (Wildman–Crippen MR) is 58.8 cm³/mol. The molecular formula is C10H7BrF3N3. The van der Waals surface area contributed by atoms with E-state index in [9.17, 15) is 13.2 Å².